The normalized spacial score (nSPS) is 11.9. The number of ether oxygens (including phenoxy) is 1. The Morgan fingerprint density at radius 3 is 2.89 bits per heavy atom. The molecule has 140 valence electrons. The Balaban J connectivity index is 1.71. The van der Waals surface area contributed by atoms with Gasteiger partial charge in [-0.25, -0.2) is 9.07 Å². The number of amides is 1. The van der Waals surface area contributed by atoms with Crippen LogP contribution in [0.15, 0.2) is 48.7 Å². The number of aliphatic hydroxyl groups is 1. The number of carbonyl (C=O) groups excluding carboxylic acids is 1. The van der Waals surface area contributed by atoms with Crippen LogP contribution in [0.5, 0.6) is 5.75 Å². The van der Waals surface area contributed by atoms with Gasteiger partial charge in [0.25, 0.3) is 5.91 Å². The number of nitrogens with zero attached hydrogens (tertiary/aromatic N) is 3. The Bertz CT molecular complexity index is 963. The highest BCUT2D eigenvalue weighted by molar-refractivity contribution is 6.31. The van der Waals surface area contributed by atoms with E-state index in [1.807, 2.05) is 0 Å². The highest BCUT2D eigenvalue weighted by Crippen LogP contribution is 2.26. The summed E-state index contributed by atoms with van der Waals surface area (Å²) in [4.78, 5) is 12.2. The highest BCUT2D eigenvalue weighted by atomic mass is 35.5. The van der Waals surface area contributed by atoms with Gasteiger partial charge in [0.1, 0.15) is 11.9 Å². The lowest BCUT2D eigenvalue weighted by Crippen LogP contribution is -2.14. The predicted molar refractivity (Wildman–Crippen MR) is 97.3 cm³/mol. The molecule has 0 bridgehead atoms. The molecule has 0 saturated heterocycles. The first-order chi connectivity index (χ1) is 13.0. The fraction of sp³-hybridized carbons (Fsp3) is 0.167. The topological polar surface area (TPSA) is 89.3 Å². The zero-order valence-corrected chi connectivity index (χ0v) is 15.0. The second-order valence-corrected chi connectivity index (χ2v) is 6.05. The lowest BCUT2D eigenvalue weighted by molar-refractivity contribution is 0.102. The zero-order valence-electron chi connectivity index (χ0n) is 14.3. The van der Waals surface area contributed by atoms with Gasteiger partial charge < -0.3 is 15.2 Å². The first-order valence-electron chi connectivity index (χ1n) is 7.96. The number of para-hydroxylation sites is 1. The van der Waals surface area contributed by atoms with Crippen LogP contribution in [0.4, 0.5) is 10.1 Å². The maximum atomic E-state index is 13.9. The molecule has 0 saturated carbocycles. The van der Waals surface area contributed by atoms with Crippen LogP contribution in [0.25, 0.3) is 0 Å². The van der Waals surface area contributed by atoms with E-state index in [4.69, 9.17) is 16.3 Å². The maximum absolute atomic E-state index is 13.9. The van der Waals surface area contributed by atoms with Gasteiger partial charge in [0.15, 0.2) is 11.5 Å². The van der Waals surface area contributed by atoms with Gasteiger partial charge in [-0.15, -0.1) is 5.10 Å². The molecule has 0 spiro atoms. The van der Waals surface area contributed by atoms with Crippen LogP contribution in [0.1, 0.15) is 22.2 Å². The molecule has 2 N–H and O–H groups in total. The summed E-state index contributed by atoms with van der Waals surface area (Å²) in [6, 6.07) is 11.3. The number of hydrogen-bond donors (Lipinski definition) is 2. The third-order valence-electron chi connectivity index (χ3n) is 3.83. The van der Waals surface area contributed by atoms with Crippen LogP contribution in [0, 0.1) is 5.82 Å². The van der Waals surface area contributed by atoms with Crippen molar-refractivity contribution in [3.63, 3.8) is 0 Å². The van der Waals surface area contributed by atoms with Crippen LogP contribution in [0.3, 0.4) is 0 Å². The largest absolute Gasteiger partial charge is 0.496 e. The van der Waals surface area contributed by atoms with Gasteiger partial charge in [0, 0.05) is 5.56 Å². The smallest absolute Gasteiger partial charge is 0.277 e. The van der Waals surface area contributed by atoms with Crippen LogP contribution < -0.4 is 10.1 Å². The van der Waals surface area contributed by atoms with E-state index in [0.717, 1.165) is 0 Å². The quantitative estimate of drug-likeness (QED) is 0.675. The van der Waals surface area contributed by atoms with Crippen LogP contribution in [0.2, 0.25) is 5.02 Å². The molecule has 1 heterocycles. The average molecular weight is 391 g/mol. The molecule has 0 aliphatic rings. The third kappa shape index (κ3) is 4.24. The molecule has 0 fully saturated rings. The van der Waals surface area contributed by atoms with Crippen molar-refractivity contribution in [1.82, 2.24) is 15.0 Å². The van der Waals surface area contributed by atoms with Gasteiger partial charge in [0.05, 0.1) is 30.6 Å². The number of aromatic nitrogens is 3. The van der Waals surface area contributed by atoms with Gasteiger partial charge in [0.2, 0.25) is 0 Å². The molecule has 1 atom stereocenters. The van der Waals surface area contributed by atoms with Crippen molar-refractivity contribution in [2.45, 2.75) is 12.6 Å². The summed E-state index contributed by atoms with van der Waals surface area (Å²) < 4.78 is 20.4. The molecular formula is C18H16ClFN4O3. The van der Waals surface area contributed by atoms with Crippen molar-refractivity contribution >= 4 is 23.2 Å². The average Bonchev–Trinajstić information content (AvgIpc) is 3.14. The SMILES string of the molecule is COc1ccccc1[C@H](O)Cn1cc(C(=O)Nc2cccc(Cl)c2F)nn1. The van der Waals surface area contributed by atoms with Gasteiger partial charge in [-0.2, -0.15) is 0 Å². The van der Waals surface area contributed by atoms with E-state index >= 15 is 0 Å². The Kier molecular flexibility index (Phi) is 5.68. The second kappa shape index (κ2) is 8.15. The van der Waals surface area contributed by atoms with E-state index in [1.165, 1.54) is 36.2 Å². The number of rotatable bonds is 6. The van der Waals surface area contributed by atoms with Gasteiger partial charge in [-0.3, -0.25) is 4.79 Å². The molecule has 2 aromatic carbocycles. The Labute approximate surface area is 159 Å². The number of aliphatic hydroxyl groups excluding tert-OH is 1. The number of hydrogen-bond acceptors (Lipinski definition) is 5. The zero-order chi connectivity index (χ0) is 19.4. The van der Waals surface area contributed by atoms with E-state index in [2.05, 4.69) is 15.6 Å². The monoisotopic (exact) mass is 390 g/mol. The Morgan fingerprint density at radius 2 is 2.11 bits per heavy atom. The first-order valence-corrected chi connectivity index (χ1v) is 8.34. The van der Waals surface area contributed by atoms with Crippen LogP contribution in [-0.4, -0.2) is 33.1 Å². The number of benzene rings is 2. The molecular weight excluding hydrogens is 375 g/mol. The van der Waals surface area contributed by atoms with Crippen molar-refractivity contribution in [3.8, 4) is 5.75 Å². The summed E-state index contributed by atoms with van der Waals surface area (Å²) in [5.41, 5.74) is 0.500. The molecule has 9 heteroatoms. The Hall–Kier alpha value is -2.97. The maximum Gasteiger partial charge on any atom is 0.277 e. The first kappa shape index (κ1) is 18.8. The van der Waals surface area contributed by atoms with E-state index in [0.29, 0.717) is 11.3 Å². The number of carbonyl (C=O) groups is 1. The molecule has 3 rings (SSSR count). The van der Waals surface area contributed by atoms with Crippen molar-refractivity contribution in [2.75, 3.05) is 12.4 Å². The van der Waals surface area contributed by atoms with Crippen molar-refractivity contribution < 1.29 is 19.0 Å². The molecule has 7 nitrogen and oxygen atoms in total. The molecule has 0 unspecified atom stereocenters. The van der Waals surface area contributed by atoms with E-state index in [9.17, 15) is 14.3 Å². The lowest BCUT2D eigenvalue weighted by Gasteiger charge is -2.14. The molecule has 1 amide bonds. The number of anilines is 1. The van der Waals surface area contributed by atoms with Crippen molar-refractivity contribution in [1.29, 1.82) is 0 Å². The van der Waals surface area contributed by atoms with Gasteiger partial charge >= 0.3 is 0 Å². The van der Waals surface area contributed by atoms with Crippen LogP contribution in [-0.2, 0) is 6.54 Å². The summed E-state index contributed by atoms with van der Waals surface area (Å²) >= 11 is 5.69. The number of halogens is 2. The van der Waals surface area contributed by atoms with E-state index in [1.54, 1.807) is 24.3 Å². The summed E-state index contributed by atoms with van der Waals surface area (Å²) in [6.45, 7) is 0.0617. The summed E-state index contributed by atoms with van der Waals surface area (Å²) in [5.74, 6) is -0.833. The lowest BCUT2D eigenvalue weighted by atomic mass is 10.1. The third-order valence-corrected chi connectivity index (χ3v) is 4.12. The fourth-order valence-corrected chi connectivity index (χ4v) is 2.67. The molecule has 0 aliphatic carbocycles. The van der Waals surface area contributed by atoms with Crippen LogP contribution >= 0.6 is 11.6 Å². The molecule has 1 aromatic heterocycles. The molecule has 0 aliphatic heterocycles. The Morgan fingerprint density at radius 1 is 1.33 bits per heavy atom. The van der Waals surface area contributed by atoms with Crippen molar-refractivity contribution in [2.24, 2.45) is 0 Å². The van der Waals surface area contributed by atoms with Crippen molar-refractivity contribution in [3.05, 3.63) is 70.8 Å². The molecule has 3 aromatic rings. The number of nitrogens with one attached hydrogen (secondary N) is 1. The van der Waals surface area contributed by atoms with E-state index in [-0.39, 0.29) is 22.9 Å². The summed E-state index contributed by atoms with van der Waals surface area (Å²) in [7, 11) is 1.51. The minimum absolute atomic E-state index is 0.0263. The molecule has 0 radical (unpaired) electrons. The molecule has 27 heavy (non-hydrogen) atoms. The predicted octanol–water partition coefficient (Wildman–Crippen LogP) is 3.07. The van der Waals surface area contributed by atoms with Gasteiger partial charge in [-0.05, 0) is 18.2 Å². The second-order valence-electron chi connectivity index (χ2n) is 5.64. The van der Waals surface area contributed by atoms with E-state index < -0.39 is 17.8 Å². The standard InChI is InChI=1S/C18H16ClFN4O3/c1-27-16-8-3-2-5-11(16)15(25)10-24-9-14(22-23-24)18(26)21-13-7-4-6-12(19)17(13)20/h2-9,15,25H,10H2,1H3,(H,21,26)/t15-/m1/s1. The number of methoxy groups -OCH3 is 1. The minimum Gasteiger partial charge on any atom is -0.496 e. The highest BCUT2D eigenvalue weighted by Gasteiger charge is 2.17. The van der Waals surface area contributed by atoms with Gasteiger partial charge in [-0.1, -0.05) is 41.1 Å². The minimum atomic E-state index is -0.913. The fourth-order valence-electron chi connectivity index (χ4n) is 2.50. The summed E-state index contributed by atoms with van der Waals surface area (Å²) in [6.07, 6.45) is 0.445. The summed E-state index contributed by atoms with van der Waals surface area (Å²) in [5, 5.41) is 20.3.